The van der Waals surface area contributed by atoms with E-state index in [4.69, 9.17) is 14.2 Å². The van der Waals surface area contributed by atoms with Crippen LogP contribution in [0.4, 0.5) is 0 Å². The molecule has 0 fully saturated rings. The third-order valence-electron chi connectivity index (χ3n) is 6.21. The highest BCUT2D eigenvalue weighted by Crippen LogP contribution is 2.53. The van der Waals surface area contributed by atoms with Crippen molar-refractivity contribution in [1.29, 1.82) is 0 Å². The van der Waals surface area contributed by atoms with Crippen LogP contribution < -0.4 is 14.2 Å². The molecule has 4 heterocycles. The van der Waals surface area contributed by atoms with Crippen molar-refractivity contribution >= 4 is 5.78 Å². The Morgan fingerprint density at radius 1 is 1.04 bits per heavy atom. The van der Waals surface area contributed by atoms with Gasteiger partial charge in [-0.3, -0.25) is 4.79 Å². The van der Waals surface area contributed by atoms with Gasteiger partial charge in [-0.05, 0) is 49.0 Å². The molecule has 0 saturated carbocycles. The Labute approximate surface area is 151 Å². The van der Waals surface area contributed by atoms with Crippen molar-refractivity contribution < 1.29 is 19.0 Å². The van der Waals surface area contributed by atoms with E-state index in [1.54, 1.807) is 6.08 Å². The van der Waals surface area contributed by atoms with Crippen molar-refractivity contribution in [2.75, 3.05) is 19.9 Å². The van der Waals surface area contributed by atoms with E-state index >= 15 is 0 Å². The van der Waals surface area contributed by atoms with Crippen molar-refractivity contribution in [2.24, 2.45) is 0 Å². The predicted molar refractivity (Wildman–Crippen MR) is 94.2 cm³/mol. The molecule has 0 aromatic heterocycles. The van der Waals surface area contributed by atoms with E-state index in [0.29, 0.717) is 18.1 Å². The fourth-order valence-corrected chi connectivity index (χ4v) is 4.99. The van der Waals surface area contributed by atoms with Crippen molar-refractivity contribution in [3.63, 3.8) is 0 Å². The second-order valence-corrected chi connectivity index (χ2v) is 7.47. The lowest BCUT2D eigenvalue weighted by atomic mass is 9.81. The first-order valence-corrected chi connectivity index (χ1v) is 9.24. The minimum Gasteiger partial charge on any atom is -0.490 e. The number of hydrogen-bond donors (Lipinski definition) is 0. The molecule has 26 heavy (non-hydrogen) atoms. The largest absolute Gasteiger partial charge is 0.490 e. The Hall–Kier alpha value is -2.69. The van der Waals surface area contributed by atoms with Crippen molar-refractivity contribution in [3.8, 4) is 17.2 Å². The molecule has 132 valence electrons. The van der Waals surface area contributed by atoms with Gasteiger partial charge < -0.3 is 19.1 Å². The van der Waals surface area contributed by atoms with Crippen LogP contribution in [0.5, 0.6) is 17.2 Å². The third kappa shape index (κ3) is 1.68. The standard InChI is InChI=1S/C21H19NO4/c23-19-6-2-5-13-3-1-4-14-7-8-22(20(13)14)21(19)11-24-16-10-18-17(9-15(16)21)25-12-26-18/h2,6-7,9-10H,1,3-5,8,11-12H2/b6-2-. The van der Waals surface area contributed by atoms with E-state index in [2.05, 4.69) is 11.0 Å². The number of hydrogen-bond acceptors (Lipinski definition) is 5. The molecule has 6 rings (SSSR count). The summed E-state index contributed by atoms with van der Waals surface area (Å²) in [5, 5.41) is 0. The number of carbonyl (C=O) groups excluding carboxylic acids is 1. The Bertz CT molecular complexity index is 942. The maximum atomic E-state index is 13.4. The molecular formula is C21H19NO4. The summed E-state index contributed by atoms with van der Waals surface area (Å²) in [5.41, 5.74) is 4.19. The molecular weight excluding hydrogens is 330 g/mol. The van der Waals surface area contributed by atoms with Gasteiger partial charge in [0.2, 0.25) is 6.79 Å². The van der Waals surface area contributed by atoms with E-state index in [1.165, 1.54) is 23.3 Å². The Balaban J connectivity index is 1.58. The van der Waals surface area contributed by atoms with Gasteiger partial charge in [0.05, 0.1) is 0 Å². The van der Waals surface area contributed by atoms with Crippen LogP contribution >= 0.6 is 0 Å². The molecule has 1 unspecified atom stereocenters. The molecule has 0 amide bonds. The average molecular weight is 349 g/mol. The maximum Gasteiger partial charge on any atom is 0.231 e. The molecule has 1 aliphatic carbocycles. The first kappa shape index (κ1) is 14.5. The Morgan fingerprint density at radius 3 is 2.85 bits per heavy atom. The van der Waals surface area contributed by atoms with E-state index in [-0.39, 0.29) is 12.6 Å². The molecule has 0 bridgehead atoms. The highest BCUT2D eigenvalue weighted by Gasteiger charge is 2.54. The fraction of sp³-hybridized carbons (Fsp3) is 0.381. The lowest BCUT2D eigenvalue weighted by Gasteiger charge is -2.41. The zero-order valence-corrected chi connectivity index (χ0v) is 14.4. The summed E-state index contributed by atoms with van der Waals surface area (Å²) in [6, 6.07) is 3.81. The van der Waals surface area contributed by atoms with Crippen LogP contribution in [0.1, 0.15) is 31.2 Å². The summed E-state index contributed by atoms with van der Waals surface area (Å²) in [7, 11) is 0. The van der Waals surface area contributed by atoms with Crippen LogP contribution in [0.15, 0.2) is 47.2 Å². The number of fused-ring (bicyclic) bond motifs is 4. The molecule has 1 aromatic rings. The SMILES string of the molecule is O=C1/C=C\CC2=C3C(=CCN3C13COc1cc4c(cc13)OCO4)CCC2. The second kappa shape index (κ2) is 4.93. The Morgan fingerprint density at radius 2 is 1.92 bits per heavy atom. The van der Waals surface area contributed by atoms with Crippen LogP contribution in [-0.2, 0) is 10.3 Å². The molecule has 1 atom stereocenters. The van der Waals surface area contributed by atoms with E-state index < -0.39 is 5.54 Å². The summed E-state index contributed by atoms with van der Waals surface area (Å²) >= 11 is 0. The summed E-state index contributed by atoms with van der Waals surface area (Å²) in [6.07, 6.45) is 10.3. The summed E-state index contributed by atoms with van der Waals surface area (Å²) < 4.78 is 17.1. The van der Waals surface area contributed by atoms with Crippen LogP contribution in [0.25, 0.3) is 0 Å². The molecule has 5 nitrogen and oxygen atoms in total. The number of rotatable bonds is 0. The van der Waals surface area contributed by atoms with Gasteiger partial charge in [-0.1, -0.05) is 12.2 Å². The van der Waals surface area contributed by atoms with Crippen LogP contribution in [0.2, 0.25) is 0 Å². The number of carbonyl (C=O) groups is 1. The minimum absolute atomic E-state index is 0.0851. The topological polar surface area (TPSA) is 48.0 Å². The lowest BCUT2D eigenvalue weighted by molar-refractivity contribution is -0.126. The van der Waals surface area contributed by atoms with Gasteiger partial charge in [0, 0.05) is 23.9 Å². The number of allylic oxidation sites excluding steroid dienone is 3. The molecule has 5 aliphatic rings. The lowest BCUT2D eigenvalue weighted by Crippen LogP contribution is -2.52. The van der Waals surface area contributed by atoms with Gasteiger partial charge in [0.1, 0.15) is 12.4 Å². The third-order valence-corrected chi connectivity index (χ3v) is 6.21. The normalized spacial score (nSPS) is 29.2. The molecule has 0 saturated heterocycles. The maximum absolute atomic E-state index is 13.4. The molecule has 4 aliphatic heterocycles. The number of benzene rings is 1. The van der Waals surface area contributed by atoms with Gasteiger partial charge in [-0.25, -0.2) is 0 Å². The van der Waals surface area contributed by atoms with Gasteiger partial charge in [-0.2, -0.15) is 0 Å². The molecule has 0 N–H and O–H groups in total. The molecule has 0 radical (unpaired) electrons. The fourth-order valence-electron chi connectivity index (χ4n) is 4.99. The van der Waals surface area contributed by atoms with Crippen LogP contribution in [0.3, 0.4) is 0 Å². The summed E-state index contributed by atoms with van der Waals surface area (Å²) in [6.45, 7) is 1.29. The molecule has 1 spiro atoms. The smallest absolute Gasteiger partial charge is 0.231 e. The van der Waals surface area contributed by atoms with Crippen molar-refractivity contribution in [2.45, 2.75) is 31.2 Å². The highest BCUT2D eigenvalue weighted by molar-refractivity contribution is 6.01. The van der Waals surface area contributed by atoms with Gasteiger partial charge in [-0.15, -0.1) is 0 Å². The summed E-state index contributed by atoms with van der Waals surface area (Å²) in [5.74, 6) is 2.19. The molecule has 1 aromatic carbocycles. The van der Waals surface area contributed by atoms with Crippen molar-refractivity contribution in [3.05, 3.63) is 52.8 Å². The Kier molecular flexibility index (Phi) is 2.75. The van der Waals surface area contributed by atoms with E-state index in [9.17, 15) is 4.79 Å². The first-order chi connectivity index (χ1) is 12.8. The number of ketones is 1. The minimum atomic E-state index is -0.816. The average Bonchev–Trinajstić information content (AvgIpc) is 3.35. The monoisotopic (exact) mass is 349 g/mol. The van der Waals surface area contributed by atoms with Crippen LogP contribution in [-0.4, -0.2) is 30.6 Å². The van der Waals surface area contributed by atoms with E-state index in [1.807, 2.05) is 18.2 Å². The van der Waals surface area contributed by atoms with Gasteiger partial charge in [0.25, 0.3) is 0 Å². The van der Waals surface area contributed by atoms with Crippen LogP contribution in [0, 0.1) is 0 Å². The molecule has 5 heteroatoms. The van der Waals surface area contributed by atoms with Gasteiger partial charge in [0.15, 0.2) is 22.8 Å². The first-order valence-electron chi connectivity index (χ1n) is 9.24. The summed E-state index contributed by atoms with van der Waals surface area (Å²) in [4.78, 5) is 15.7. The number of nitrogens with zero attached hydrogens (tertiary/aromatic N) is 1. The van der Waals surface area contributed by atoms with E-state index in [0.717, 1.165) is 37.1 Å². The van der Waals surface area contributed by atoms with Gasteiger partial charge >= 0.3 is 0 Å². The highest BCUT2D eigenvalue weighted by atomic mass is 16.7. The predicted octanol–water partition coefficient (Wildman–Crippen LogP) is 3.21. The second-order valence-electron chi connectivity index (χ2n) is 7.47. The van der Waals surface area contributed by atoms with Crippen molar-refractivity contribution in [1.82, 2.24) is 4.90 Å². The zero-order valence-electron chi connectivity index (χ0n) is 14.4. The number of ether oxygens (including phenoxy) is 3. The quantitative estimate of drug-likeness (QED) is 0.720. The zero-order chi connectivity index (χ0) is 17.3.